The second-order valence-electron chi connectivity index (χ2n) is 21.2. The molecule has 1 aliphatic heterocycles. The number of fused-ring (bicyclic) bond motifs is 13. The lowest BCUT2D eigenvalue weighted by molar-refractivity contribution is 0.590. The third-order valence-corrected chi connectivity index (χ3v) is 17.1. The molecule has 0 amide bonds. The highest BCUT2D eigenvalue weighted by Crippen LogP contribution is 2.51. The molecule has 5 heterocycles. The van der Waals surface area contributed by atoms with Crippen molar-refractivity contribution in [2.24, 2.45) is 0 Å². The van der Waals surface area contributed by atoms with E-state index in [4.69, 9.17) is 4.42 Å². The van der Waals surface area contributed by atoms with Crippen LogP contribution in [0.2, 0.25) is 0 Å². The van der Waals surface area contributed by atoms with Gasteiger partial charge in [0.15, 0.2) is 7.28 Å². The van der Waals surface area contributed by atoms with E-state index in [2.05, 4.69) is 235 Å². The summed E-state index contributed by atoms with van der Waals surface area (Å²) >= 11 is 3.74. The molecule has 6 heteroatoms. The van der Waals surface area contributed by atoms with Crippen molar-refractivity contribution >= 4 is 126 Å². The molecule has 4 aromatic heterocycles. The third-order valence-electron chi connectivity index (χ3n) is 14.7. The number of rotatable bonds is 5. The van der Waals surface area contributed by atoms with Gasteiger partial charge in [0.2, 0.25) is 0 Å². The molecule has 1 N–H and O–H groups in total. The molecule has 0 fully saturated rings. The fraction of sp³-hybridized carbons (Fsp3) is 0.125. The molecule has 70 heavy (non-hydrogen) atoms. The summed E-state index contributed by atoms with van der Waals surface area (Å²) in [5.41, 5.74) is 18.4. The maximum absolute atomic E-state index is 7.33. The maximum atomic E-state index is 7.33. The van der Waals surface area contributed by atoms with E-state index in [1.165, 1.54) is 95.9 Å². The minimum atomic E-state index is -0.0567. The SMILES string of the molecule is CC(C)(C)c1ccc(Nc2cc3sc4ccccc4c3cc2-c2c3c4c(c5cc(C(C)(C)C)ccc5n4-c4cc5c(-c6ccccc6)c(-c6ccccc6)sc5cc4[B]3)c3c2oc2ccccc23)cc1. The number of para-hydroxylation sites is 1. The van der Waals surface area contributed by atoms with Crippen LogP contribution in [-0.4, -0.2) is 11.8 Å². The van der Waals surface area contributed by atoms with Crippen LogP contribution in [-0.2, 0) is 10.8 Å². The molecule has 9 aromatic carbocycles. The average Bonchev–Trinajstić information content (AvgIpc) is 4.13. The summed E-state index contributed by atoms with van der Waals surface area (Å²) in [4.78, 5) is 1.28. The van der Waals surface area contributed by atoms with E-state index >= 15 is 0 Å². The highest BCUT2D eigenvalue weighted by atomic mass is 32.1. The molecular weight excluding hydrogens is 888 g/mol. The molecule has 13 aromatic rings. The zero-order valence-corrected chi connectivity index (χ0v) is 41.6. The number of benzene rings is 9. The summed E-state index contributed by atoms with van der Waals surface area (Å²) < 4.78 is 13.7. The second-order valence-corrected chi connectivity index (χ2v) is 23.3. The van der Waals surface area contributed by atoms with Gasteiger partial charge in [-0.05, 0) is 99.2 Å². The van der Waals surface area contributed by atoms with Gasteiger partial charge in [0.05, 0.1) is 5.52 Å². The Kier molecular flexibility index (Phi) is 8.95. The minimum absolute atomic E-state index is 0.0454. The number of hydrogen-bond donors (Lipinski definition) is 1. The predicted octanol–water partition coefficient (Wildman–Crippen LogP) is 17.6. The number of furan rings is 1. The first-order chi connectivity index (χ1) is 34.0. The Labute approximate surface area is 415 Å². The Bertz CT molecular complexity index is 4290. The quantitative estimate of drug-likeness (QED) is 0.174. The van der Waals surface area contributed by atoms with Gasteiger partial charge >= 0.3 is 0 Å². The van der Waals surface area contributed by atoms with Crippen LogP contribution < -0.4 is 16.2 Å². The molecule has 1 aliphatic rings. The van der Waals surface area contributed by atoms with E-state index in [0.717, 1.165) is 49.9 Å². The highest BCUT2D eigenvalue weighted by molar-refractivity contribution is 7.26. The van der Waals surface area contributed by atoms with Crippen LogP contribution in [0.5, 0.6) is 0 Å². The molecule has 0 unspecified atom stereocenters. The van der Waals surface area contributed by atoms with E-state index < -0.39 is 0 Å². The monoisotopic (exact) mass is 935 g/mol. The van der Waals surface area contributed by atoms with Crippen molar-refractivity contribution in [1.82, 2.24) is 4.57 Å². The van der Waals surface area contributed by atoms with Crippen LogP contribution >= 0.6 is 22.7 Å². The van der Waals surface area contributed by atoms with Gasteiger partial charge in [-0.15, -0.1) is 22.7 Å². The topological polar surface area (TPSA) is 30.1 Å². The summed E-state index contributed by atoms with van der Waals surface area (Å²) in [6, 6.07) is 65.3. The number of anilines is 2. The van der Waals surface area contributed by atoms with Crippen LogP contribution in [0, 0.1) is 0 Å². The number of nitrogens with one attached hydrogen (secondary N) is 1. The van der Waals surface area contributed by atoms with Crippen molar-refractivity contribution in [3.8, 4) is 38.4 Å². The van der Waals surface area contributed by atoms with Gasteiger partial charge in [-0.2, -0.15) is 0 Å². The van der Waals surface area contributed by atoms with Gasteiger partial charge in [0.1, 0.15) is 11.2 Å². The first-order valence-electron chi connectivity index (χ1n) is 24.3. The van der Waals surface area contributed by atoms with Gasteiger partial charge in [-0.3, -0.25) is 0 Å². The van der Waals surface area contributed by atoms with Gasteiger partial charge in [-0.25, -0.2) is 0 Å². The van der Waals surface area contributed by atoms with Crippen LogP contribution in [0.15, 0.2) is 180 Å². The van der Waals surface area contributed by atoms with Crippen molar-refractivity contribution in [3.63, 3.8) is 0 Å². The summed E-state index contributed by atoms with van der Waals surface area (Å²) in [6.45, 7) is 13.8. The molecule has 0 spiro atoms. The largest absolute Gasteiger partial charge is 0.455 e. The van der Waals surface area contributed by atoms with Crippen LogP contribution in [0.4, 0.5) is 11.4 Å². The fourth-order valence-corrected chi connectivity index (χ4v) is 13.6. The third kappa shape index (κ3) is 6.26. The first-order valence-corrected chi connectivity index (χ1v) is 26.0. The Hall–Kier alpha value is -7.38. The summed E-state index contributed by atoms with van der Waals surface area (Å²) in [5.74, 6) is 0. The normalized spacial score (nSPS) is 12.8. The van der Waals surface area contributed by atoms with Crippen molar-refractivity contribution in [3.05, 3.63) is 187 Å². The van der Waals surface area contributed by atoms with Gasteiger partial charge in [0.25, 0.3) is 0 Å². The fourth-order valence-electron chi connectivity index (χ4n) is 11.2. The number of thiophene rings is 2. The second kappa shape index (κ2) is 15.1. The van der Waals surface area contributed by atoms with E-state index in [9.17, 15) is 0 Å². The lowest BCUT2D eigenvalue weighted by Gasteiger charge is -2.25. The molecule has 335 valence electrons. The minimum Gasteiger partial charge on any atom is -0.455 e. The summed E-state index contributed by atoms with van der Waals surface area (Å²) in [6.07, 6.45) is 0. The zero-order chi connectivity index (χ0) is 47.2. The molecule has 0 saturated heterocycles. The van der Waals surface area contributed by atoms with Gasteiger partial charge in [-0.1, -0.05) is 162 Å². The molecular formula is C64H48BN2OS2. The van der Waals surface area contributed by atoms with Crippen LogP contribution in [0.1, 0.15) is 52.7 Å². The van der Waals surface area contributed by atoms with E-state index in [1.54, 1.807) is 0 Å². The average molecular weight is 936 g/mol. The lowest BCUT2D eigenvalue weighted by atomic mass is 9.58. The number of hydrogen-bond acceptors (Lipinski definition) is 4. The molecule has 0 saturated carbocycles. The number of nitrogens with zero attached hydrogens (tertiary/aromatic N) is 1. The molecule has 0 bridgehead atoms. The van der Waals surface area contributed by atoms with Gasteiger partial charge in [0, 0.05) is 95.9 Å². The highest BCUT2D eigenvalue weighted by Gasteiger charge is 2.34. The predicted molar refractivity (Wildman–Crippen MR) is 305 cm³/mol. The van der Waals surface area contributed by atoms with E-state index in [-0.39, 0.29) is 10.8 Å². The summed E-state index contributed by atoms with van der Waals surface area (Å²) in [7, 11) is 2.48. The van der Waals surface area contributed by atoms with E-state index in [0.29, 0.717) is 0 Å². The van der Waals surface area contributed by atoms with Crippen molar-refractivity contribution in [1.29, 1.82) is 0 Å². The lowest BCUT2D eigenvalue weighted by Crippen LogP contribution is -2.37. The van der Waals surface area contributed by atoms with Crippen LogP contribution in [0.25, 0.3) is 112 Å². The molecule has 3 nitrogen and oxygen atoms in total. The molecule has 14 rings (SSSR count). The zero-order valence-electron chi connectivity index (χ0n) is 40.0. The van der Waals surface area contributed by atoms with Crippen LogP contribution in [0.3, 0.4) is 0 Å². The standard InChI is InChI=1S/C64H48BN2OS2/c1-63(2,3)38-25-28-40(29-26-38)66-48-35-54-43(41-21-14-16-24-52(41)69-54)32-44(48)58-59-60-56(57-42-22-13-15-23-51(42)68-61(57)58)45-31-39(64(4,5)6)27-30-49(45)67(60)50-33-46-53(34-47(50)65-59)70-62(37-19-11-8-12-20-37)55(46)36-17-9-7-10-18-36/h7-35,66H,1-6H3. The smallest absolute Gasteiger partial charge is 0.198 e. The van der Waals surface area contributed by atoms with Gasteiger partial charge < -0.3 is 14.3 Å². The molecule has 0 aliphatic carbocycles. The first kappa shape index (κ1) is 41.6. The Morgan fingerprint density at radius 1 is 0.514 bits per heavy atom. The van der Waals surface area contributed by atoms with Crippen molar-refractivity contribution < 1.29 is 4.42 Å². The molecule has 0 atom stereocenters. The Balaban J connectivity index is 1.14. The summed E-state index contributed by atoms with van der Waals surface area (Å²) in [5, 5.41) is 12.5. The Morgan fingerprint density at radius 3 is 1.94 bits per heavy atom. The van der Waals surface area contributed by atoms with Crippen molar-refractivity contribution in [2.75, 3.05) is 5.32 Å². The van der Waals surface area contributed by atoms with Crippen molar-refractivity contribution in [2.45, 2.75) is 52.4 Å². The molecule has 1 radical (unpaired) electrons. The van der Waals surface area contributed by atoms with E-state index in [1.807, 2.05) is 22.7 Å². The maximum Gasteiger partial charge on any atom is 0.198 e. The Morgan fingerprint density at radius 2 is 1.19 bits per heavy atom. The number of aromatic nitrogens is 1.